The molecule has 0 saturated heterocycles. The molecule has 10 aromatic rings. The van der Waals surface area contributed by atoms with E-state index in [9.17, 15) is 0 Å². The van der Waals surface area contributed by atoms with Crippen molar-refractivity contribution in [2.45, 2.75) is 0 Å². The summed E-state index contributed by atoms with van der Waals surface area (Å²) < 4.78 is 10.9. The number of fused-ring (bicyclic) bond motifs is 6. The molecule has 240 valence electrons. The molecule has 0 aliphatic heterocycles. The molecule has 4 aromatic carbocycles. The molecule has 0 spiro atoms. The van der Waals surface area contributed by atoms with Gasteiger partial charge in [0.1, 0.15) is 23.1 Å². The Hall–Kier alpha value is -7.12. The molecule has 0 aliphatic rings. The number of nitrogens with zero attached hydrogens (tertiary/aromatic N) is 6. The zero-order valence-corrected chi connectivity index (χ0v) is 27.3. The second kappa shape index (κ2) is 11.8. The van der Waals surface area contributed by atoms with Crippen molar-refractivity contribution >= 4 is 43.7 Å². The summed E-state index contributed by atoms with van der Waals surface area (Å²) in [6.45, 7) is 0. The van der Waals surface area contributed by atoms with Gasteiger partial charge in [0.05, 0.1) is 40.0 Å². The molecule has 0 saturated carbocycles. The molecule has 0 amide bonds. The van der Waals surface area contributed by atoms with Crippen molar-refractivity contribution in [3.05, 3.63) is 171 Å². The highest BCUT2D eigenvalue weighted by molar-refractivity contribution is 6.09. The van der Waals surface area contributed by atoms with E-state index >= 15 is 0 Å². The quantitative estimate of drug-likeness (QED) is 0.178. The maximum absolute atomic E-state index is 6.58. The van der Waals surface area contributed by atoms with Gasteiger partial charge in [-0.15, -0.1) is 0 Å². The Morgan fingerprint density at radius 3 is 1.71 bits per heavy atom. The number of rotatable bonds is 6. The van der Waals surface area contributed by atoms with Gasteiger partial charge < -0.3 is 4.74 Å². The number of aromatic nitrogens is 6. The lowest BCUT2D eigenvalue weighted by Crippen LogP contribution is -1.98. The summed E-state index contributed by atoms with van der Waals surface area (Å²) in [6, 6.07) is 47.4. The van der Waals surface area contributed by atoms with Gasteiger partial charge in [0.2, 0.25) is 0 Å². The minimum atomic E-state index is 0.626. The molecule has 0 unspecified atom stereocenters. The number of ether oxygens (including phenoxy) is 1. The highest BCUT2D eigenvalue weighted by Crippen LogP contribution is 2.37. The van der Waals surface area contributed by atoms with Crippen molar-refractivity contribution in [2.24, 2.45) is 0 Å². The monoisotopic (exact) mass is 656 g/mol. The summed E-state index contributed by atoms with van der Waals surface area (Å²) in [5.41, 5.74) is 9.16. The van der Waals surface area contributed by atoms with Gasteiger partial charge in [-0.25, -0.2) is 9.97 Å². The number of para-hydroxylation sites is 1. The van der Waals surface area contributed by atoms with E-state index in [-0.39, 0.29) is 0 Å². The summed E-state index contributed by atoms with van der Waals surface area (Å²) in [5, 5.41) is 3.24. The maximum Gasteiger partial charge on any atom is 0.147 e. The molecule has 0 aliphatic carbocycles. The third-order valence-corrected chi connectivity index (χ3v) is 9.43. The number of hydrogen-bond donors (Lipinski definition) is 0. The van der Waals surface area contributed by atoms with Crippen LogP contribution in [0.5, 0.6) is 11.5 Å². The van der Waals surface area contributed by atoms with E-state index in [1.165, 1.54) is 0 Å². The smallest absolute Gasteiger partial charge is 0.147 e. The van der Waals surface area contributed by atoms with Crippen molar-refractivity contribution < 1.29 is 4.74 Å². The average Bonchev–Trinajstić information content (AvgIpc) is 3.71. The first kappa shape index (κ1) is 28.9. The Kier molecular flexibility index (Phi) is 6.67. The zero-order chi connectivity index (χ0) is 33.7. The first-order valence-corrected chi connectivity index (χ1v) is 16.8. The highest BCUT2D eigenvalue weighted by atomic mass is 16.5. The van der Waals surface area contributed by atoms with Crippen molar-refractivity contribution in [3.63, 3.8) is 0 Å². The van der Waals surface area contributed by atoms with Gasteiger partial charge in [-0.1, -0.05) is 78.9 Å². The van der Waals surface area contributed by atoms with Crippen LogP contribution < -0.4 is 4.74 Å². The molecule has 0 atom stereocenters. The Morgan fingerprint density at radius 2 is 1.02 bits per heavy atom. The molecule has 6 aromatic heterocycles. The van der Waals surface area contributed by atoms with Crippen LogP contribution in [0.2, 0.25) is 0 Å². The second-order valence-electron chi connectivity index (χ2n) is 12.4. The van der Waals surface area contributed by atoms with Crippen LogP contribution in [0.4, 0.5) is 0 Å². The average molecular weight is 657 g/mol. The summed E-state index contributed by atoms with van der Waals surface area (Å²) in [5.74, 6) is 2.93. The van der Waals surface area contributed by atoms with Crippen molar-refractivity contribution in [1.82, 2.24) is 29.1 Å². The Morgan fingerprint density at radius 1 is 0.392 bits per heavy atom. The molecule has 0 radical (unpaired) electrons. The van der Waals surface area contributed by atoms with Crippen molar-refractivity contribution in [3.8, 4) is 45.4 Å². The lowest BCUT2D eigenvalue weighted by atomic mass is 10.1. The Bertz CT molecular complexity index is 2660. The molecule has 0 bridgehead atoms. The summed E-state index contributed by atoms with van der Waals surface area (Å²) in [7, 11) is 0. The zero-order valence-electron chi connectivity index (χ0n) is 27.3. The first-order chi connectivity index (χ1) is 25.3. The van der Waals surface area contributed by atoms with Crippen LogP contribution >= 0.6 is 0 Å². The van der Waals surface area contributed by atoms with E-state index in [4.69, 9.17) is 19.7 Å². The van der Waals surface area contributed by atoms with E-state index in [1.807, 2.05) is 91.5 Å². The van der Waals surface area contributed by atoms with E-state index in [0.717, 1.165) is 77.6 Å². The molecule has 51 heavy (non-hydrogen) atoms. The SMILES string of the molecule is c1ccc(-c2ccc(-n3c4cnccc4c4ccc(Oc5cnc6c7ccccc7n(-c7ccc(-c8ccccc8)cn7)c6c5)cc43)nc2)cc1. The largest absolute Gasteiger partial charge is 0.456 e. The van der Waals surface area contributed by atoms with Gasteiger partial charge in [-0.05, 0) is 59.7 Å². The molecule has 0 N–H and O–H groups in total. The van der Waals surface area contributed by atoms with Gasteiger partial charge in [0, 0.05) is 58.0 Å². The van der Waals surface area contributed by atoms with Crippen LogP contribution in [0.15, 0.2) is 171 Å². The van der Waals surface area contributed by atoms with Crippen LogP contribution in [-0.4, -0.2) is 29.1 Å². The van der Waals surface area contributed by atoms with E-state index in [1.54, 1.807) is 6.20 Å². The second-order valence-corrected chi connectivity index (χ2v) is 12.4. The van der Waals surface area contributed by atoms with Gasteiger partial charge >= 0.3 is 0 Å². The third kappa shape index (κ3) is 4.90. The van der Waals surface area contributed by atoms with Crippen LogP contribution in [0, 0.1) is 0 Å². The summed E-state index contributed by atoms with van der Waals surface area (Å²) in [6.07, 6.45) is 9.35. The molecule has 7 nitrogen and oxygen atoms in total. The van der Waals surface area contributed by atoms with Gasteiger partial charge in [0.15, 0.2) is 0 Å². The predicted molar refractivity (Wildman–Crippen MR) is 204 cm³/mol. The van der Waals surface area contributed by atoms with E-state index < -0.39 is 0 Å². The van der Waals surface area contributed by atoms with E-state index in [2.05, 4.69) is 86.9 Å². The van der Waals surface area contributed by atoms with Crippen molar-refractivity contribution in [2.75, 3.05) is 0 Å². The number of pyridine rings is 4. The number of benzene rings is 4. The minimum Gasteiger partial charge on any atom is -0.456 e. The van der Waals surface area contributed by atoms with Gasteiger partial charge in [0.25, 0.3) is 0 Å². The Labute approximate surface area is 292 Å². The molecule has 0 fully saturated rings. The predicted octanol–water partition coefficient (Wildman–Crippen LogP) is 10.6. The van der Waals surface area contributed by atoms with E-state index in [0.29, 0.717) is 11.5 Å². The molecule has 7 heteroatoms. The third-order valence-electron chi connectivity index (χ3n) is 9.43. The highest BCUT2D eigenvalue weighted by Gasteiger charge is 2.17. The first-order valence-electron chi connectivity index (χ1n) is 16.8. The Balaban J connectivity index is 1.06. The molecular formula is C44H28N6O. The van der Waals surface area contributed by atoms with Gasteiger partial charge in [-0.2, -0.15) is 0 Å². The molecular weight excluding hydrogens is 629 g/mol. The minimum absolute atomic E-state index is 0.626. The fourth-order valence-electron chi connectivity index (χ4n) is 7.05. The van der Waals surface area contributed by atoms with Crippen molar-refractivity contribution in [1.29, 1.82) is 0 Å². The van der Waals surface area contributed by atoms with Crippen LogP contribution in [0.25, 0.3) is 77.6 Å². The molecule has 6 heterocycles. The van der Waals surface area contributed by atoms with Crippen LogP contribution in [-0.2, 0) is 0 Å². The normalized spacial score (nSPS) is 11.5. The fourth-order valence-corrected chi connectivity index (χ4v) is 7.05. The lowest BCUT2D eigenvalue weighted by molar-refractivity contribution is 0.482. The standard InChI is InChI=1S/C44H28N6O/c1-3-9-29(10-4-1)31-15-19-42(46-25-31)49-38-14-8-7-13-37(38)44-40(49)24-34(27-48-44)51-33-17-18-35-36-21-22-45-28-41(36)50(39(35)23-33)43-20-16-32(26-47-43)30-11-5-2-6-12-30/h1-28H. The topological polar surface area (TPSA) is 70.7 Å². The van der Waals surface area contributed by atoms with Crippen LogP contribution in [0.1, 0.15) is 0 Å². The summed E-state index contributed by atoms with van der Waals surface area (Å²) >= 11 is 0. The summed E-state index contributed by atoms with van der Waals surface area (Å²) in [4.78, 5) is 19.2. The van der Waals surface area contributed by atoms with Crippen LogP contribution in [0.3, 0.4) is 0 Å². The fraction of sp³-hybridized carbons (Fsp3) is 0. The van der Waals surface area contributed by atoms with Gasteiger partial charge in [-0.3, -0.25) is 19.1 Å². The number of hydrogen-bond acceptors (Lipinski definition) is 5. The maximum atomic E-state index is 6.58. The lowest BCUT2D eigenvalue weighted by Gasteiger charge is -2.11. The molecule has 10 rings (SSSR count).